The van der Waals surface area contributed by atoms with Crippen LogP contribution in [-0.4, -0.2) is 36.6 Å². The standard InChI is InChI=1S/C13H16BrNO2S/c1-2-17-10-7-8-15(9-10)13(16)6-4-11-3-5-12(14)18-11/h3-6,10H,2,7-9H2,1H3/t10-/m1/s1. The van der Waals surface area contributed by atoms with E-state index in [4.69, 9.17) is 4.74 Å². The normalized spacial score (nSPS) is 19.9. The third-order valence-electron chi connectivity index (χ3n) is 2.84. The predicted octanol–water partition coefficient (Wildman–Crippen LogP) is 3.16. The van der Waals surface area contributed by atoms with E-state index in [0.717, 1.165) is 21.6 Å². The second kappa shape index (κ2) is 6.50. The lowest BCUT2D eigenvalue weighted by molar-refractivity contribution is -0.125. The van der Waals surface area contributed by atoms with Gasteiger partial charge in [-0.25, -0.2) is 0 Å². The van der Waals surface area contributed by atoms with Crippen molar-refractivity contribution in [2.75, 3.05) is 19.7 Å². The Hall–Kier alpha value is -0.650. The molecular weight excluding hydrogens is 314 g/mol. The maximum atomic E-state index is 12.0. The Labute approximate surface area is 120 Å². The van der Waals surface area contributed by atoms with Crippen molar-refractivity contribution in [1.82, 2.24) is 4.90 Å². The number of carbonyl (C=O) groups excluding carboxylic acids is 1. The molecule has 1 saturated heterocycles. The summed E-state index contributed by atoms with van der Waals surface area (Å²) in [5, 5.41) is 0. The van der Waals surface area contributed by atoms with Crippen molar-refractivity contribution in [3.8, 4) is 0 Å². The number of amides is 1. The smallest absolute Gasteiger partial charge is 0.246 e. The second-order valence-electron chi connectivity index (χ2n) is 4.13. The van der Waals surface area contributed by atoms with E-state index >= 15 is 0 Å². The van der Waals surface area contributed by atoms with Gasteiger partial charge in [-0.05, 0) is 47.5 Å². The van der Waals surface area contributed by atoms with Crippen molar-refractivity contribution in [3.63, 3.8) is 0 Å². The molecule has 0 radical (unpaired) electrons. The molecule has 2 rings (SSSR count). The zero-order valence-electron chi connectivity index (χ0n) is 10.3. The quantitative estimate of drug-likeness (QED) is 0.794. The molecule has 0 aromatic carbocycles. The molecule has 2 heterocycles. The molecule has 1 amide bonds. The lowest BCUT2D eigenvalue weighted by Gasteiger charge is -2.14. The lowest BCUT2D eigenvalue weighted by Crippen LogP contribution is -2.28. The van der Waals surface area contributed by atoms with E-state index in [0.29, 0.717) is 13.2 Å². The van der Waals surface area contributed by atoms with Crippen molar-refractivity contribution < 1.29 is 9.53 Å². The molecule has 5 heteroatoms. The van der Waals surface area contributed by atoms with Gasteiger partial charge in [-0.15, -0.1) is 11.3 Å². The van der Waals surface area contributed by atoms with Gasteiger partial charge in [0.05, 0.1) is 9.89 Å². The first-order valence-electron chi connectivity index (χ1n) is 6.03. The Bertz CT molecular complexity index is 444. The highest BCUT2D eigenvalue weighted by Gasteiger charge is 2.24. The summed E-state index contributed by atoms with van der Waals surface area (Å²) in [7, 11) is 0. The number of carbonyl (C=O) groups is 1. The first kappa shape index (κ1) is 13.8. The monoisotopic (exact) mass is 329 g/mol. The van der Waals surface area contributed by atoms with E-state index in [-0.39, 0.29) is 12.0 Å². The largest absolute Gasteiger partial charge is 0.377 e. The maximum absolute atomic E-state index is 12.0. The Kier molecular flexibility index (Phi) is 4.97. The fourth-order valence-corrected chi connectivity index (χ4v) is 3.30. The van der Waals surface area contributed by atoms with Gasteiger partial charge in [0.2, 0.25) is 5.91 Å². The van der Waals surface area contributed by atoms with Crippen LogP contribution in [0.2, 0.25) is 0 Å². The highest BCUT2D eigenvalue weighted by Crippen LogP contribution is 2.23. The number of halogens is 1. The van der Waals surface area contributed by atoms with Gasteiger partial charge in [0.1, 0.15) is 0 Å². The first-order valence-corrected chi connectivity index (χ1v) is 7.64. The molecule has 1 atom stereocenters. The van der Waals surface area contributed by atoms with Crippen molar-refractivity contribution in [3.05, 3.63) is 26.9 Å². The molecule has 1 aromatic heterocycles. The number of hydrogen-bond acceptors (Lipinski definition) is 3. The van der Waals surface area contributed by atoms with E-state index in [9.17, 15) is 4.79 Å². The third-order valence-corrected chi connectivity index (χ3v) is 4.43. The fraction of sp³-hybridized carbons (Fsp3) is 0.462. The molecular formula is C13H16BrNO2S. The number of rotatable bonds is 4. The molecule has 1 aliphatic rings. The zero-order valence-corrected chi connectivity index (χ0v) is 12.7. The van der Waals surface area contributed by atoms with Gasteiger partial charge >= 0.3 is 0 Å². The van der Waals surface area contributed by atoms with E-state index in [1.165, 1.54) is 0 Å². The average molecular weight is 330 g/mol. The molecule has 0 unspecified atom stereocenters. The number of nitrogens with zero attached hydrogens (tertiary/aromatic N) is 1. The van der Waals surface area contributed by atoms with Crippen LogP contribution >= 0.6 is 27.3 Å². The zero-order chi connectivity index (χ0) is 13.0. The summed E-state index contributed by atoms with van der Waals surface area (Å²) in [6.45, 7) is 4.21. The van der Waals surface area contributed by atoms with Crippen LogP contribution in [0.1, 0.15) is 18.2 Å². The second-order valence-corrected chi connectivity index (χ2v) is 6.62. The van der Waals surface area contributed by atoms with Gasteiger partial charge in [-0.3, -0.25) is 4.79 Å². The van der Waals surface area contributed by atoms with Gasteiger partial charge in [-0.1, -0.05) is 0 Å². The molecule has 0 saturated carbocycles. The van der Waals surface area contributed by atoms with Crippen LogP contribution in [0.5, 0.6) is 0 Å². The molecule has 0 bridgehead atoms. The summed E-state index contributed by atoms with van der Waals surface area (Å²) in [6.07, 6.45) is 4.67. The highest BCUT2D eigenvalue weighted by molar-refractivity contribution is 9.11. The number of hydrogen-bond donors (Lipinski definition) is 0. The molecule has 1 fully saturated rings. The molecule has 0 spiro atoms. The summed E-state index contributed by atoms with van der Waals surface area (Å²) >= 11 is 5.02. The lowest BCUT2D eigenvalue weighted by atomic mass is 10.3. The minimum Gasteiger partial charge on any atom is -0.377 e. The summed E-state index contributed by atoms with van der Waals surface area (Å²) in [5.74, 6) is 0.0710. The minimum atomic E-state index is 0.0710. The topological polar surface area (TPSA) is 29.5 Å². The van der Waals surface area contributed by atoms with Gasteiger partial charge in [-0.2, -0.15) is 0 Å². The fourth-order valence-electron chi connectivity index (χ4n) is 1.98. The van der Waals surface area contributed by atoms with Gasteiger partial charge in [0, 0.05) is 30.6 Å². The molecule has 18 heavy (non-hydrogen) atoms. The molecule has 98 valence electrons. The molecule has 0 aliphatic carbocycles. The summed E-state index contributed by atoms with van der Waals surface area (Å²) < 4.78 is 6.60. The highest BCUT2D eigenvalue weighted by atomic mass is 79.9. The van der Waals surface area contributed by atoms with Crippen LogP contribution in [0.15, 0.2) is 22.0 Å². The summed E-state index contributed by atoms with van der Waals surface area (Å²) in [6, 6.07) is 3.97. The summed E-state index contributed by atoms with van der Waals surface area (Å²) in [4.78, 5) is 14.9. The number of ether oxygens (including phenoxy) is 1. The van der Waals surface area contributed by atoms with Gasteiger partial charge in [0.25, 0.3) is 0 Å². The van der Waals surface area contributed by atoms with Crippen LogP contribution in [0, 0.1) is 0 Å². The van der Waals surface area contributed by atoms with Gasteiger partial charge in [0.15, 0.2) is 0 Å². The SMILES string of the molecule is CCO[C@@H]1CCN(C(=O)C=Cc2ccc(Br)s2)C1. The van der Waals surface area contributed by atoms with Crippen LogP contribution in [0.25, 0.3) is 6.08 Å². The van der Waals surface area contributed by atoms with Crippen LogP contribution in [0.4, 0.5) is 0 Å². The van der Waals surface area contributed by atoms with Crippen LogP contribution in [-0.2, 0) is 9.53 Å². The predicted molar refractivity (Wildman–Crippen MR) is 77.7 cm³/mol. The Balaban J connectivity index is 1.87. The van der Waals surface area contributed by atoms with Crippen molar-refractivity contribution in [2.24, 2.45) is 0 Å². The van der Waals surface area contributed by atoms with Crippen molar-refractivity contribution in [2.45, 2.75) is 19.4 Å². The Morgan fingerprint density at radius 2 is 2.50 bits per heavy atom. The van der Waals surface area contributed by atoms with E-state index < -0.39 is 0 Å². The summed E-state index contributed by atoms with van der Waals surface area (Å²) in [5.41, 5.74) is 0. The minimum absolute atomic E-state index is 0.0710. The van der Waals surface area contributed by atoms with E-state index in [1.807, 2.05) is 30.0 Å². The molecule has 1 aliphatic heterocycles. The van der Waals surface area contributed by atoms with Crippen LogP contribution in [0.3, 0.4) is 0 Å². The van der Waals surface area contributed by atoms with E-state index in [1.54, 1.807) is 17.4 Å². The van der Waals surface area contributed by atoms with E-state index in [2.05, 4.69) is 15.9 Å². The number of thiophene rings is 1. The first-order chi connectivity index (χ1) is 8.69. The molecule has 3 nitrogen and oxygen atoms in total. The molecule has 1 aromatic rings. The number of likely N-dealkylation sites (tertiary alicyclic amines) is 1. The van der Waals surface area contributed by atoms with Gasteiger partial charge < -0.3 is 9.64 Å². The van der Waals surface area contributed by atoms with Crippen molar-refractivity contribution in [1.29, 1.82) is 0 Å². The average Bonchev–Trinajstić information content (AvgIpc) is 2.96. The van der Waals surface area contributed by atoms with Crippen molar-refractivity contribution >= 4 is 39.2 Å². The maximum Gasteiger partial charge on any atom is 0.246 e. The molecule has 0 N–H and O–H groups in total. The third kappa shape index (κ3) is 3.67. The van der Waals surface area contributed by atoms with Crippen LogP contribution < -0.4 is 0 Å². The Morgan fingerprint density at radius 3 is 3.17 bits per heavy atom. The Morgan fingerprint density at radius 1 is 1.67 bits per heavy atom.